The van der Waals surface area contributed by atoms with E-state index in [4.69, 9.17) is 20.8 Å². The molecular weight excluding hydrogens is 684 g/mol. The Labute approximate surface area is 313 Å². The molecule has 0 atom stereocenters. The number of carbonyl (C=O) groups is 2. The second-order valence-corrected chi connectivity index (χ2v) is 12.4. The lowest BCUT2D eigenvalue weighted by Crippen LogP contribution is -2.08. The van der Waals surface area contributed by atoms with Crippen LogP contribution in [0.15, 0.2) is 96.2 Å². The highest BCUT2D eigenvalue weighted by Crippen LogP contribution is 2.32. The quantitative estimate of drug-likeness (QED) is 0.0135. The minimum Gasteiger partial charge on any atom is -0.473 e. The van der Waals surface area contributed by atoms with Crippen LogP contribution in [0.25, 0.3) is 51.0 Å². The monoisotopic (exact) mass is 722 g/mol. The highest BCUT2D eigenvalue weighted by atomic mass is 16.6. The Kier molecular flexibility index (Phi) is 13.2. The molecule has 0 saturated carbocycles. The fourth-order valence-electron chi connectivity index (χ4n) is 5.79. The molecule has 1 aromatic heterocycles. The maximum Gasteiger partial charge on any atom is 0.348 e. The molecule has 0 radical (unpaired) electrons. The number of Topliss-reactive ketones (excluding diaryl/α,β-unsaturated/α-hetero) is 1. The number of methoxy groups -OCH3 is 1. The number of ketones is 1. The number of hydrogen-bond acceptors (Lipinski definition) is 8. The highest BCUT2D eigenvalue weighted by Gasteiger charge is 2.15. The Morgan fingerprint density at radius 2 is 1.39 bits per heavy atom. The number of benzene rings is 4. The van der Waals surface area contributed by atoms with E-state index in [9.17, 15) is 25.0 Å². The average Bonchev–Trinajstić information content (AvgIpc) is 3.49. The number of rotatable bonds is 17. The standard InChI is InChI=1S/C43H38N4O7/c1-30(48)40(45-2)27-34-15-21-42-39(26-34)38-25-33(24-35(28-44)43(49)53-23-7-5-4-6-22-52-3)14-20-41(38)46(42)29-54-37-18-12-32(13-19-37)9-8-31-10-16-36(17-11-31)47(50)51/h8-21,24-27H,4-7,22-23,29H2,1,3H3/b9-8+,35-24+,40-27-. The van der Waals surface area contributed by atoms with Crippen LogP contribution < -0.4 is 4.74 Å². The van der Waals surface area contributed by atoms with Crippen LogP contribution >= 0.6 is 0 Å². The number of fused-ring (bicyclic) bond motifs is 3. The smallest absolute Gasteiger partial charge is 0.348 e. The molecule has 5 aromatic rings. The van der Waals surface area contributed by atoms with Crippen molar-refractivity contribution in [3.63, 3.8) is 0 Å². The molecule has 4 aromatic carbocycles. The zero-order valence-electron chi connectivity index (χ0n) is 30.0. The molecule has 0 spiro atoms. The van der Waals surface area contributed by atoms with Gasteiger partial charge in [0.15, 0.2) is 12.5 Å². The first kappa shape index (κ1) is 38.4. The van der Waals surface area contributed by atoms with Gasteiger partial charge in [-0.1, -0.05) is 42.8 Å². The third-order valence-electron chi connectivity index (χ3n) is 8.64. The van der Waals surface area contributed by atoms with Crippen LogP contribution in [0.2, 0.25) is 0 Å². The molecule has 11 heteroatoms. The topological polar surface area (TPSA) is 138 Å². The summed E-state index contributed by atoms with van der Waals surface area (Å²) in [7, 11) is 1.66. The Morgan fingerprint density at radius 3 is 1.93 bits per heavy atom. The van der Waals surface area contributed by atoms with E-state index in [2.05, 4.69) is 4.85 Å². The lowest BCUT2D eigenvalue weighted by Gasteiger charge is -2.11. The molecular formula is C43H38N4O7. The SMILES string of the molecule is [C-]#[N+]/C(=C\c1ccc2c(c1)c1cc(/C=C(\C#N)C(=O)OCCCCCCOC)ccc1n2COc1ccc(/C=C/c2ccc([N+](=O)[O-])cc2)cc1)C(C)=O. The molecule has 0 bridgehead atoms. The lowest BCUT2D eigenvalue weighted by atomic mass is 10.0. The number of unbranched alkanes of at least 4 members (excludes halogenated alkanes) is 3. The van der Waals surface area contributed by atoms with Gasteiger partial charge in [0.05, 0.1) is 29.1 Å². The molecule has 0 amide bonds. The van der Waals surface area contributed by atoms with Crippen molar-refractivity contribution in [1.29, 1.82) is 5.26 Å². The van der Waals surface area contributed by atoms with E-state index in [1.165, 1.54) is 25.1 Å². The maximum atomic E-state index is 12.8. The molecule has 1 heterocycles. The van der Waals surface area contributed by atoms with Gasteiger partial charge in [-0.25, -0.2) is 9.64 Å². The first-order valence-corrected chi connectivity index (χ1v) is 17.3. The number of ether oxygens (including phenoxy) is 3. The van der Waals surface area contributed by atoms with E-state index >= 15 is 0 Å². The number of nitrogens with zero attached hydrogens (tertiary/aromatic N) is 4. The van der Waals surface area contributed by atoms with Gasteiger partial charge < -0.3 is 23.6 Å². The van der Waals surface area contributed by atoms with Crippen molar-refractivity contribution < 1.29 is 28.7 Å². The Balaban J connectivity index is 1.39. The van der Waals surface area contributed by atoms with Crippen molar-refractivity contribution in [3.8, 4) is 11.8 Å². The van der Waals surface area contributed by atoms with Gasteiger partial charge >= 0.3 is 5.97 Å². The minimum atomic E-state index is -0.679. The fraction of sp³-hybridized carbons (Fsp3) is 0.209. The third-order valence-corrected chi connectivity index (χ3v) is 8.64. The molecule has 0 N–H and O–H groups in total. The first-order valence-electron chi connectivity index (χ1n) is 17.3. The van der Waals surface area contributed by atoms with E-state index in [0.717, 1.165) is 52.2 Å². The van der Waals surface area contributed by atoms with Crippen molar-refractivity contribution in [2.75, 3.05) is 20.3 Å². The Hall–Kier alpha value is -6.82. The number of esters is 1. The number of aromatic nitrogens is 1. The van der Waals surface area contributed by atoms with Crippen LogP contribution in [0.1, 0.15) is 54.9 Å². The predicted octanol–water partition coefficient (Wildman–Crippen LogP) is 9.42. The number of nitro groups is 1. The van der Waals surface area contributed by atoms with Crippen molar-refractivity contribution in [2.45, 2.75) is 39.3 Å². The third kappa shape index (κ3) is 9.94. The maximum absolute atomic E-state index is 12.8. The molecule has 5 rings (SSSR count). The summed E-state index contributed by atoms with van der Waals surface area (Å²) in [6.07, 6.45) is 10.3. The largest absolute Gasteiger partial charge is 0.473 e. The fourth-order valence-corrected chi connectivity index (χ4v) is 5.79. The van der Waals surface area contributed by atoms with Crippen molar-refractivity contribution in [1.82, 2.24) is 4.57 Å². The van der Waals surface area contributed by atoms with Crippen molar-refractivity contribution in [2.24, 2.45) is 0 Å². The van der Waals surface area contributed by atoms with Gasteiger partial charge in [-0.2, -0.15) is 5.26 Å². The Bertz CT molecular complexity index is 2340. The molecule has 11 nitrogen and oxygen atoms in total. The van der Waals surface area contributed by atoms with Crippen LogP contribution in [0.4, 0.5) is 5.69 Å². The molecule has 0 unspecified atom stereocenters. The van der Waals surface area contributed by atoms with Gasteiger partial charge in [-0.3, -0.25) is 10.1 Å². The van der Waals surface area contributed by atoms with E-state index < -0.39 is 10.9 Å². The summed E-state index contributed by atoms with van der Waals surface area (Å²) in [5.41, 5.74) is 4.66. The van der Waals surface area contributed by atoms with Crippen molar-refractivity contribution in [3.05, 3.63) is 140 Å². The van der Waals surface area contributed by atoms with Gasteiger partial charge in [0, 0.05) is 36.6 Å². The van der Waals surface area contributed by atoms with E-state index in [0.29, 0.717) is 29.9 Å². The average molecular weight is 723 g/mol. The highest BCUT2D eigenvalue weighted by molar-refractivity contribution is 6.10. The van der Waals surface area contributed by atoms with Gasteiger partial charge in [0.25, 0.3) is 5.69 Å². The van der Waals surface area contributed by atoms with E-state index in [1.54, 1.807) is 25.3 Å². The summed E-state index contributed by atoms with van der Waals surface area (Å²) >= 11 is 0. The van der Waals surface area contributed by atoms with Crippen LogP contribution in [-0.2, 0) is 25.8 Å². The Morgan fingerprint density at radius 1 is 0.833 bits per heavy atom. The van der Waals surface area contributed by atoms with Gasteiger partial charge in [-0.05, 0) is 109 Å². The minimum absolute atomic E-state index is 0.0169. The molecule has 0 fully saturated rings. The number of allylic oxidation sites excluding steroid dienone is 1. The number of carbonyl (C=O) groups excluding carboxylic acids is 2. The van der Waals surface area contributed by atoms with Crippen molar-refractivity contribution >= 4 is 63.5 Å². The first-order chi connectivity index (χ1) is 26.2. The summed E-state index contributed by atoms with van der Waals surface area (Å²) in [6.45, 7) is 9.85. The normalized spacial score (nSPS) is 11.8. The molecule has 54 heavy (non-hydrogen) atoms. The predicted molar refractivity (Wildman–Crippen MR) is 209 cm³/mol. The zero-order chi connectivity index (χ0) is 38.5. The van der Waals surface area contributed by atoms with Gasteiger partial charge in [0.1, 0.15) is 17.4 Å². The molecule has 0 saturated heterocycles. The summed E-state index contributed by atoms with van der Waals surface area (Å²) < 4.78 is 18.7. The van der Waals surface area contributed by atoms with E-state index in [-0.39, 0.29) is 36.1 Å². The number of hydrogen-bond donors (Lipinski definition) is 0. The second kappa shape index (κ2) is 18.6. The summed E-state index contributed by atoms with van der Waals surface area (Å²) in [5, 5.41) is 22.4. The summed E-state index contributed by atoms with van der Waals surface area (Å²) in [5.74, 6) is -0.378. The zero-order valence-corrected chi connectivity index (χ0v) is 30.0. The molecule has 0 aliphatic carbocycles. The number of nitriles is 1. The van der Waals surface area contributed by atoms with Gasteiger partial charge in [0.2, 0.25) is 5.70 Å². The van der Waals surface area contributed by atoms with Crippen LogP contribution in [0, 0.1) is 28.0 Å². The lowest BCUT2D eigenvalue weighted by molar-refractivity contribution is -0.384. The summed E-state index contributed by atoms with van der Waals surface area (Å²) in [6, 6.07) is 27.0. The number of nitro benzene ring substituents is 1. The molecule has 272 valence electrons. The second-order valence-electron chi connectivity index (χ2n) is 12.4. The molecule has 0 aliphatic rings. The number of non-ortho nitro benzene ring substituents is 1. The summed E-state index contributed by atoms with van der Waals surface area (Å²) in [4.78, 5) is 38.6. The van der Waals surface area contributed by atoms with Crippen LogP contribution in [0.5, 0.6) is 5.75 Å². The van der Waals surface area contributed by atoms with E-state index in [1.807, 2.05) is 83.5 Å². The van der Waals surface area contributed by atoms with Crippen LogP contribution in [-0.4, -0.2) is 41.6 Å². The van der Waals surface area contributed by atoms with Crippen LogP contribution in [0.3, 0.4) is 0 Å². The molecule has 0 aliphatic heterocycles. The van der Waals surface area contributed by atoms with Gasteiger partial charge in [-0.15, -0.1) is 0 Å².